The molecule has 13 heavy (non-hydrogen) atoms. The lowest BCUT2D eigenvalue weighted by Crippen LogP contribution is -1.95. The van der Waals surface area contributed by atoms with Crippen LogP contribution in [0.5, 0.6) is 0 Å². The summed E-state index contributed by atoms with van der Waals surface area (Å²) >= 11 is 4.08. The molecule has 0 aliphatic heterocycles. The lowest BCUT2D eigenvalue weighted by molar-refractivity contribution is 1.07. The topological polar surface area (TPSA) is 26.0 Å². The van der Waals surface area contributed by atoms with Crippen molar-refractivity contribution in [1.82, 2.24) is 0 Å². The van der Waals surface area contributed by atoms with Gasteiger partial charge in [-0.2, -0.15) is 12.6 Å². The predicted octanol–water partition coefficient (Wildman–Crippen LogP) is 1.82. The van der Waals surface area contributed by atoms with Crippen LogP contribution in [0.15, 0.2) is 24.3 Å². The van der Waals surface area contributed by atoms with E-state index in [9.17, 15) is 0 Å². The Balaban J connectivity index is 2.73. The summed E-state index contributed by atoms with van der Waals surface area (Å²) in [5.74, 6) is 6.91. The summed E-state index contributed by atoms with van der Waals surface area (Å²) in [6.45, 7) is 0.572. The van der Waals surface area contributed by atoms with E-state index in [4.69, 9.17) is 5.73 Å². The molecule has 68 valence electrons. The zero-order valence-corrected chi connectivity index (χ0v) is 8.35. The zero-order valence-electron chi connectivity index (χ0n) is 7.46. The Bertz CT molecular complexity index is 322. The highest BCUT2D eigenvalue weighted by Gasteiger charge is 1.89. The van der Waals surface area contributed by atoms with E-state index < -0.39 is 0 Å². The van der Waals surface area contributed by atoms with E-state index in [-0.39, 0.29) is 0 Å². The van der Waals surface area contributed by atoms with Crippen molar-refractivity contribution in [1.29, 1.82) is 0 Å². The first-order chi connectivity index (χ1) is 6.36. The quantitative estimate of drug-likeness (QED) is 0.541. The average molecular weight is 191 g/mol. The second-order valence-corrected chi connectivity index (χ2v) is 3.13. The number of rotatable bonds is 2. The normalized spacial score (nSPS) is 9.08. The monoisotopic (exact) mass is 191 g/mol. The SMILES string of the molecule is NCc1cccc(C#CCCS)c1. The van der Waals surface area contributed by atoms with Crippen LogP contribution >= 0.6 is 12.6 Å². The van der Waals surface area contributed by atoms with Crippen LogP contribution in [0, 0.1) is 11.8 Å². The van der Waals surface area contributed by atoms with E-state index in [0.717, 1.165) is 23.3 Å². The number of hydrogen-bond donors (Lipinski definition) is 2. The molecule has 0 heterocycles. The summed E-state index contributed by atoms with van der Waals surface area (Å²) in [4.78, 5) is 0. The maximum absolute atomic E-state index is 5.51. The average Bonchev–Trinajstić information content (AvgIpc) is 2.19. The van der Waals surface area contributed by atoms with Crippen molar-refractivity contribution < 1.29 is 0 Å². The molecule has 0 amide bonds. The van der Waals surface area contributed by atoms with Gasteiger partial charge in [-0.1, -0.05) is 24.0 Å². The van der Waals surface area contributed by atoms with Crippen molar-refractivity contribution in [3.8, 4) is 11.8 Å². The molecule has 1 aromatic rings. The highest BCUT2D eigenvalue weighted by atomic mass is 32.1. The first-order valence-corrected chi connectivity index (χ1v) is 4.89. The fourth-order valence-corrected chi connectivity index (χ4v) is 1.11. The molecule has 0 atom stereocenters. The van der Waals surface area contributed by atoms with Gasteiger partial charge in [0, 0.05) is 24.3 Å². The third-order valence-electron chi connectivity index (χ3n) is 1.63. The van der Waals surface area contributed by atoms with Gasteiger partial charge in [-0.05, 0) is 17.7 Å². The molecule has 0 fully saturated rings. The summed E-state index contributed by atoms with van der Waals surface area (Å²) < 4.78 is 0. The molecule has 0 unspecified atom stereocenters. The highest BCUT2D eigenvalue weighted by molar-refractivity contribution is 7.80. The molecule has 2 heteroatoms. The molecule has 0 aromatic heterocycles. The molecule has 0 radical (unpaired) electrons. The van der Waals surface area contributed by atoms with Gasteiger partial charge in [0.25, 0.3) is 0 Å². The third-order valence-corrected chi connectivity index (χ3v) is 1.86. The van der Waals surface area contributed by atoms with Gasteiger partial charge < -0.3 is 5.73 Å². The minimum absolute atomic E-state index is 0.572. The van der Waals surface area contributed by atoms with Crippen LogP contribution in [0.3, 0.4) is 0 Å². The van der Waals surface area contributed by atoms with Gasteiger partial charge in [0.2, 0.25) is 0 Å². The molecule has 0 bridgehead atoms. The van der Waals surface area contributed by atoms with Crippen molar-refractivity contribution in [3.63, 3.8) is 0 Å². The van der Waals surface area contributed by atoms with Crippen LogP contribution in [0.25, 0.3) is 0 Å². The molecule has 0 aliphatic carbocycles. The van der Waals surface area contributed by atoms with Crippen molar-refractivity contribution in [2.24, 2.45) is 5.73 Å². The Morgan fingerprint density at radius 3 is 2.92 bits per heavy atom. The first-order valence-electron chi connectivity index (χ1n) is 4.25. The van der Waals surface area contributed by atoms with Gasteiger partial charge in [0.1, 0.15) is 0 Å². The Morgan fingerprint density at radius 2 is 2.23 bits per heavy atom. The number of benzene rings is 1. The van der Waals surface area contributed by atoms with Crippen LogP contribution in [-0.4, -0.2) is 5.75 Å². The fraction of sp³-hybridized carbons (Fsp3) is 0.273. The summed E-state index contributed by atoms with van der Waals surface area (Å²) in [7, 11) is 0. The van der Waals surface area contributed by atoms with Gasteiger partial charge in [0.05, 0.1) is 0 Å². The smallest absolute Gasteiger partial charge is 0.0248 e. The standard InChI is InChI=1S/C11H13NS/c12-9-11-6-3-5-10(8-11)4-1-2-7-13/h3,5-6,8,13H,2,7,9,12H2. The van der Waals surface area contributed by atoms with Crippen molar-refractivity contribution >= 4 is 12.6 Å². The van der Waals surface area contributed by atoms with Crippen LogP contribution in [0.1, 0.15) is 17.5 Å². The molecule has 0 saturated heterocycles. The van der Waals surface area contributed by atoms with E-state index in [1.807, 2.05) is 24.3 Å². The second kappa shape index (κ2) is 5.69. The molecule has 1 rings (SSSR count). The predicted molar refractivity (Wildman–Crippen MR) is 59.7 cm³/mol. The molecule has 0 saturated carbocycles. The van der Waals surface area contributed by atoms with Crippen molar-refractivity contribution in [2.45, 2.75) is 13.0 Å². The molecule has 2 N–H and O–H groups in total. The molecule has 0 aliphatic rings. The van der Waals surface area contributed by atoms with Crippen molar-refractivity contribution in [2.75, 3.05) is 5.75 Å². The Kier molecular flexibility index (Phi) is 4.45. The summed E-state index contributed by atoms with van der Waals surface area (Å²) in [5, 5.41) is 0. The molecule has 0 spiro atoms. The first kappa shape index (κ1) is 10.2. The zero-order chi connectivity index (χ0) is 9.52. The summed E-state index contributed by atoms with van der Waals surface area (Å²) in [6.07, 6.45) is 0.829. The van der Waals surface area contributed by atoms with Crippen LogP contribution < -0.4 is 5.73 Å². The van der Waals surface area contributed by atoms with Gasteiger partial charge in [-0.15, -0.1) is 0 Å². The second-order valence-electron chi connectivity index (χ2n) is 2.68. The van der Waals surface area contributed by atoms with Gasteiger partial charge in [-0.25, -0.2) is 0 Å². The highest BCUT2D eigenvalue weighted by Crippen LogP contribution is 2.02. The minimum Gasteiger partial charge on any atom is -0.326 e. The van der Waals surface area contributed by atoms with Crippen LogP contribution in [0.4, 0.5) is 0 Å². The van der Waals surface area contributed by atoms with E-state index in [1.54, 1.807) is 0 Å². The number of nitrogens with two attached hydrogens (primary N) is 1. The maximum atomic E-state index is 5.51. The molecule has 1 aromatic carbocycles. The number of hydrogen-bond acceptors (Lipinski definition) is 2. The third kappa shape index (κ3) is 3.54. The van der Waals surface area contributed by atoms with Crippen LogP contribution in [-0.2, 0) is 6.54 Å². The lowest BCUT2D eigenvalue weighted by Gasteiger charge is -1.95. The Morgan fingerprint density at radius 1 is 1.38 bits per heavy atom. The van der Waals surface area contributed by atoms with Gasteiger partial charge in [0.15, 0.2) is 0 Å². The largest absolute Gasteiger partial charge is 0.326 e. The van der Waals surface area contributed by atoms with Crippen molar-refractivity contribution in [3.05, 3.63) is 35.4 Å². The summed E-state index contributed by atoms with van der Waals surface area (Å²) in [5.41, 5.74) is 7.67. The minimum atomic E-state index is 0.572. The molecule has 1 nitrogen and oxygen atoms in total. The Hall–Kier alpha value is -0.910. The van der Waals surface area contributed by atoms with E-state index in [1.165, 1.54) is 0 Å². The van der Waals surface area contributed by atoms with E-state index in [2.05, 4.69) is 24.5 Å². The van der Waals surface area contributed by atoms with Crippen LogP contribution in [0.2, 0.25) is 0 Å². The molecular weight excluding hydrogens is 178 g/mol. The summed E-state index contributed by atoms with van der Waals surface area (Å²) in [6, 6.07) is 7.99. The van der Waals surface area contributed by atoms with Gasteiger partial charge >= 0.3 is 0 Å². The number of thiol groups is 1. The maximum Gasteiger partial charge on any atom is 0.0248 e. The molecular formula is C11H13NS. The van der Waals surface area contributed by atoms with E-state index >= 15 is 0 Å². The Labute approximate surface area is 84.8 Å². The van der Waals surface area contributed by atoms with Gasteiger partial charge in [-0.3, -0.25) is 0 Å². The fourth-order valence-electron chi connectivity index (χ4n) is 0.997. The lowest BCUT2D eigenvalue weighted by atomic mass is 10.1. The van der Waals surface area contributed by atoms with E-state index in [0.29, 0.717) is 6.54 Å².